The molecule has 0 aromatic carbocycles. The van der Waals surface area contributed by atoms with Gasteiger partial charge in [-0.15, -0.1) is 0 Å². The number of nitrogens with one attached hydrogen (secondary N) is 1. The van der Waals surface area contributed by atoms with Crippen LogP contribution in [0, 0.1) is 0 Å². The van der Waals surface area contributed by atoms with Crippen LogP contribution in [-0.2, 0) is 19.0 Å². The molecule has 0 aromatic rings. The van der Waals surface area contributed by atoms with Gasteiger partial charge in [0.05, 0.1) is 6.04 Å². The molecule has 130 valence electrons. The minimum Gasteiger partial charge on any atom is -0.388 e. The molecule has 8 nitrogen and oxygen atoms in total. The first-order valence-electron chi connectivity index (χ1n) is 7.69. The summed E-state index contributed by atoms with van der Waals surface area (Å²) in [5.74, 6) is 0.0387. The summed E-state index contributed by atoms with van der Waals surface area (Å²) in [6.45, 7) is 0.671. The third-order valence-electron chi connectivity index (χ3n) is 3.82. The van der Waals surface area contributed by atoms with Gasteiger partial charge in [-0.05, 0) is 12.8 Å². The highest BCUT2D eigenvalue weighted by Crippen LogP contribution is 2.22. The van der Waals surface area contributed by atoms with Gasteiger partial charge in [-0.3, -0.25) is 4.79 Å². The quantitative estimate of drug-likeness (QED) is 0.389. The molecule has 1 amide bonds. The van der Waals surface area contributed by atoms with E-state index in [0.717, 1.165) is 19.3 Å². The van der Waals surface area contributed by atoms with Gasteiger partial charge in [-0.2, -0.15) is 0 Å². The summed E-state index contributed by atoms with van der Waals surface area (Å²) in [7, 11) is 3.10. The van der Waals surface area contributed by atoms with Crippen LogP contribution in [0.25, 0.3) is 0 Å². The molecule has 22 heavy (non-hydrogen) atoms. The normalized spacial score (nSPS) is 32.0. The van der Waals surface area contributed by atoms with Gasteiger partial charge in [-0.1, -0.05) is 6.42 Å². The largest absolute Gasteiger partial charge is 0.388 e. The highest BCUT2D eigenvalue weighted by Gasteiger charge is 2.43. The summed E-state index contributed by atoms with van der Waals surface area (Å²) in [6.07, 6.45) is 0.387. The van der Waals surface area contributed by atoms with Crippen molar-refractivity contribution in [2.45, 2.75) is 56.3 Å². The van der Waals surface area contributed by atoms with Crippen molar-refractivity contribution in [3.8, 4) is 0 Å². The van der Waals surface area contributed by atoms with Gasteiger partial charge >= 0.3 is 0 Å². The Morgan fingerprint density at radius 2 is 2.09 bits per heavy atom. The molecule has 1 saturated heterocycles. The Morgan fingerprint density at radius 1 is 1.36 bits per heavy atom. The molecule has 8 heteroatoms. The molecule has 0 saturated carbocycles. The van der Waals surface area contributed by atoms with E-state index >= 15 is 0 Å². The number of unbranched alkanes of at least 4 members (excludes halogenated alkanes) is 2. The van der Waals surface area contributed by atoms with E-state index < -0.39 is 30.6 Å². The van der Waals surface area contributed by atoms with E-state index in [1.807, 2.05) is 0 Å². The lowest BCUT2D eigenvalue weighted by atomic mass is 9.97. The van der Waals surface area contributed by atoms with Crippen molar-refractivity contribution < 1.29 is 24.1 Å². The first-order valence-corrected chi connectivity index (χ1v) is 7.69. The molecule has 6 N–H and O–H groups in total. The highest BCUT2D eigenvalue weighted by atomic mass is 16.7. The molecule has 5 atom stereocenters. The Morgan fingerprint density at radius 3 is 2.68 bits per heavy atom. The minimum atomic E-state index is -0.891. The van der Waals surface area contributed by atoms with E-state index in [1.54, 1.807) is 7.05 Å². The highest BCUT2D eigenvalue weighted by molar-refractivity contribution is 5.75. The summed E-state index contributed by atoms with van der Waals surface area (Å²) in [4.78, 5) is 11.1. The maximum atomic E-state index is 11.1. The minimum absolute atomic E-state index is 0.0387. The molecule has 1 aliphatic heterocycles. The van der Waals surface area contributed by atoms with E-state index in [9.17, 15) is 9.90 Å². The summed E-state index contributed by atoms with van der Waals surface area (Å²) in [5, 5.41) is 12.8. The molecule has 0 radical (unpaired) electrons. The SMILES string of the molecule is CNC(=O)CCCCCOC1C(CN)OC(OC)C(N)C1O. The van der Waals surface area contributed by atoms with Crippen LogP contribution in [0.2, 0.25) is 0 Å². The molecule has 1 heterocycles. The second-order valence-electron chi connectivity index (χ2n) is 5.40. The molecule has 0 bridgehead atoms. The lowest BCUT2D eigenvalue weighted by molar-refractivity contribution is -0.258. The van der Waals surface area contributed by atoms with Crippen molar-refractivity contribution in [3.63, 3.8) is 0 Å². The van der Waals surface area contributed by atoms with Gasteiger partial charge in [-0.25, -0.2) is 0 Å². The van der Waals surface area contributed by atoms with Crippen LogP contribution >= 0.6 is 0 Å². The average Bonchev–Trinajstić information content (AvgIpc) is 2.54. The number of carbonyl (C=O) groups is 1. The number of ether oxygens (including phenoxy) is 3. The van der Waals surface area contributed by atoms with Crippen molar-refractivity contribution in [1.82, 2.24) is 5.32 Å². The number of amides is 1. The van der Waals surface area contributed by atoms with Gasteiger partial charge < -0.3 is 36.1 Å². The maximum Gasteiger partial charge on any atom is 0.219 e. The van der Waals surface area contributed by atoms with Crippen LogP contribution < -0.4 is 16.8 Å². The molecule has 0 spiro atoms. The molecular formula is C14H29N3O5. The number of rotatable bonds is 9. The van der Waals surface area contributed by atoms with E-state index in [1.165, 1.54) is 7.11 Å². The number of aliphatic hydroxyl groups is 1. The van der Waals surface area contributed by atoms with E-state index in [2.05, 4.69) is 5.32 Å². The fourth-order valence-corrected chi connectivity index (χ4v) is 2.46. The number of aliphatic hydroxyl groups excluding tert-OH is 1. The monoisotopic (exact) mass is 319 g/mol. The molecule has 0 aliphatic carbocycles. The van der Waals surface area contributed by atoms with Crippen LogP contribution in [-0.4, -0.2) is 69.0 Å². The molecule has 0 aromatic heterocycles. The van der Waals surface area contributed by atoms with Crippen LogP contribution in [0.3, 0.4) is 0 Å². The fourth-order valence-electron chi connectivity index (χ4n) is 2.46. The predicted molar refractivity (Wildman–Crippen MR) is 81.0 cm³/mol. The number of hydrogen-bond acceptors (Lipinski definition) is 7. The van der Waals surface area contributed by atoms with E-state index in [-0.39, 0.29) is 12.5 Å². The summed E-state index contributed by atoms with van der Waals surface area (Å²) in [6, 6.07) is -0.675. The summed E-state index contributed by atoms with van der Waals surface area (Å²) >= 11 is 0. The van der Waals surface area contributed by atoms with E-state index in [0.29, 0.717) is 13.0 Å². The Kier molecular flexibility index (Phi) is 8.84. The van der Waals surface area contributed by atoms with Gasteiger partial charge in [0.15, 0.2) is 6.29 Å². The first-order chi connectivity index (χ1) is 10.5. The lowest BCUT2D eigenvalue weighted by Crippen LogP contribution is -2.63. The number of hydrogen-bond donors (Lipinski definition) is 4. The van der Waals surface area contributed by atoms with Crippen molar-refractivity contribution in [3.05, 3.63) is 0 Å². The van der Waals surface area contributed by atoms with Crippen LogP contribution in [0.15, 0.2) is 0 Å². The van der Waals surface area contributed by atoms with Gasteiger partial charge in [0.1, 0.15) is 18.3 Å². The van der Waals surface area contributed by atoms with Crippen LogP contribution in [0.4, 0.5) is 0 Å². The molecule has 1 fully saturated rings. The number of nitrogens with two attached hydrogens (primary N) is 2. The molecule has 1 rings (SSSR count). The second kappa shape index (κ2) is 10.1. The van der Waals surface area contributed by atoms with Crippen molar-refractivity contribution in [1.29, 1.82) is 0 Å². The Balaban J connectivity index is 2.32. The standard InChI is InChI=1S/C14H29N3O5/c1-17-10(18)6-4-3-5-7-21-13-9(8-15)22-14(20-2)11(16)12(13)19/h9,11-14,19H,3-8,15-16H2,1-2H3,(H,17,18). The zero-order valence-corrected chi connectivity index (χ0v) is 13.4. The smallest absolute Gasteiger partial charge is 0.219 e. The summed E-state index contributed by atoms with van der Waals surface area (Å²) < 4.78 is 16.4. The predicted octanol–water partition coefficient (Wildman–Crippen LogP) is -1.30. The van der Waals surface area contributed by atoms with Crippen molar-refractivity contribution in [2.24, 2.45) is 11.5 Å². The van der Waals surface area contributed by atoms with Gasteiger partial charge in [0.25, 0.3) is 0 Å². The van der Waals surface area contributed by atoms with Gasteiger partial charge in [0, 0.05) is 33.7 Å². The fraction of sp³-hybridized carbons (Fsp3) is 0.929. The molecular weight excluding hydrogens is 290 g/mol. The van der Waals surface area contributed by atoms with Crippen LogP contribution in [0.5, 0.6) is 0 Å². The zero-order valence-electron chi connectivity index (χ0n) is 13.4. The second-order valence-corrected chi connectivity index (χ2v) is 5.40. The van der Waals surface area contributed by atoms with Crippen LogP contribution in [0.1, 0.15) is 25.7 Å². The Bertz CT molecular complexity index is 330. The zero-order chi connectivity index (χ0) is 16.5. The number of methoxy groups -OCH3 is 1. The third kappa shape index (κ3) is 5.45. The van der Waals surface area contributed by atoms with Gasteiger partial charge in [0.2, 0.25) is 5.91 Å². The van der Waals surface area contributed by atoms with Crippen molar-refractivity contribution >= 4 is 5.91 Å². The molecule has 1 aliphatic rings. The summed E-state index contributed by atoms with van der Waals surface area (Å²) in [5.41, 5.74) is 11.5. The Hall–Kier alpha value is -0.770. The molecule has 5 unspecified atom stereocenters. The topological polar surface area (TPSA) is 129 Å². The first kappa shape index (κ1) is 19.3. The van der Waals surface area contributed by atoms with Crippen molar-refractivity contribution in [2.75, 3.05) is 27.3 Å². The Labute approximate surface area is 131 Å². The maximum absolute atomic E-state index is 11.1. The third-order valence-corrected chi connectivity index (χ3v) is 3.82. The average molecular weight is 319 g/mol. The number of carbonyl (C=O) groups excluding carboxylic acids is 1. The van der Waals surface area contributed by atoms with E-state index in [4.69, 9.17) is 25.7 Å². The lowest BCUT2D eigenvalue weighted by Gasteiger charge is -2.42.